The molecule has 2 rings (SSSR count). The third kappa shape index (κ3) is 5.72. The van der Waals surface area contributed by atoms with Crippen molar-refractivity contribution in [3.63, 3.8) is 0 Å². The summed E-state index contributed by atoms with van der Waals surface area (Å²) in [5.74, 6) is -0.812. The first kappa shape index (κ1) is 18.7. The van der Waals surface area contributed by atoms with Crippen molar-refractivity contribution < 1.29 is 14.7 Å². The number of benzene rings is 2. The summed E-state index contributed by atoms with van der Waals surface area (Å²) >= 11 is 3.19. The van der Waals surface area contributed by atoms with Crippen LogP contribution in [-0.4, -0.2) is 23.1 Å². The lowest BCUT2D eigenvalue weighted by Gasteiger charge is -2.08. The number of aromatic hydroxyl groups is 1. The largest absolute Gasteiger partial charge is 0.507 e. The molecule has 0 spiro atoms. The molecule has 0 radical (unpaired) electrons. The summed E-state index contributed by atoms with van der Waals surface area (Å²) in [4.78, 5) is 23.7. The zero-order valence-electron chi connectivity index (χ0n) is 13.8. The van der Waals surface area contributed by atoms with E-state index in [0.717, 1.165) is 11.1 Å². The van der Waals surface area contributed by atoms with Gasteiger partial charge in [-0.2, -0.15) is 5.10 Å². The minimum Gasteiger partial charge on any atom is -0.507 e. The van der Waals surface area contributed by atoms with Gasteiger partial charge in [-0.05, 0) is 65.2 Å². The molecular weight excluding hydrogens is 386 g/mol. The number of nitrogens with one attached hydrogen (secondary N) is 2. The topological polar surface area (TPSA) is 90.8 Å². The molecule has 130 valence electrons. The number of carbonyl (C=O) groups is 2. The first-order valence-corrected chi connectivity index (χ1v) is 8.32. The Morgan fingerprint density at radius 3 is 2.60 bits per heavy atom. The van der Waals surface area contributed by atoms with Gasteiger partial charge in [-0.3, -0.25) is 9.59 Å². The van der Waals surface area contributed by atoms with Gasteiger partial charge in [0.05, 0.1) is 10.7 Å². The van der Waals surface area contributed by atoms with Gasteiger partial charge in [-0.1, -0.05) is 17.7 Å². The second-order valence-corrected chi connectivity index (χ2v) is 6.40. The lowest BCUT2D eigenvalue weighted by Crippen LogP contribution is -2.24. The van der Waals surface area contributed by atoms with Gasteiger partial charge >= 0.3 is 0 Å². The lowest BCUT2D eigenvalue weighted by molar-refractivity contribution is -0.126. The van der Waals surface area contributed by atoms with Crippen LogP contribution in [0, 0.1) is 13.8 Å². The fraction of sp³-hybridized carbons (Fsp3) is 0.167. The molecule has 0 aromatic heterocycles. The minimum atomic E-state index is -0.517. The maximum absolute atomic E-state index is 11.9. The highest BCUT2D eigenvalue weighted by Crippen LogP contribution is 2.23. The van der Waals surface area contributed by atoms with Crippen LogP contribution >= 0.6 is 15.9 Å². The first-order valence-electron chi connectivity index (χ1n) is 7.52. The van der Waals surface area contributed by atoms with Gasteiger partial charge in [0.25, 0.3) is 0 Å². The molecule has 25 heavy (non-hydrogen) atoms. The number of aryl methyl sites for hydroxylation is 2. The Kier molecular flexibility index (Phi) is 6.30. The number of hydrogen-bond donors (Lipinski definition) is 3. The van der Waals surface area contributed by atoms with Gasteiger partial charge in [-0.25, -0.2) is 5.43 Å². The summed E-state index contributed by atoms with van der Waals surface area (Å²) in [7, 11) is 0. The van der Waals surface area contributed by atoms with E-state index in [1.54, 1.807) is 18.2 Å². The molecule has 0 bridgehead atoms. The van der Waals surface area contributed by atoms with Crippen LogP contribution in [0.2, 0.25) is 0 Å². The van der Waals surface area contributed by atoms with Crippen molar-refractivity contribution in [2.45, 2.75) is 20.3 Å². The zero-order chi connectivity index (χ0) is 18.4. The smallest absolute Gasteiger partial charge is 0.249 e. The predicted octanol–water partition coefficient (Wildman–Crippen LogP) is 3.25. The number of phenolic OH excluding ortho intramolecular Hbond substituents is 1. The molecule has 7 heteroatoms. The van der Waals surface area contributed by atoms with Gasteiger partial charge in [-0.15, -0.1) is 0 Å². The summed E-state index contributed by atoms with van der Waals surface area (Å²) in [6.07, 6.45) is 1.09. The number of rotatable bonds is 5. The number of hydrogen-bond acceptors (Lipinski definition) is 4. The molecule has 0 aliphatic heterocycles. The Morgan fingerprint density at radius 2 is 1.92 bits per heavy atom. The monoisotopic (exact) mass is 403 g/mol. The Labute approximate surface area is 154 Å². The number of halogens is 1. The maximum Gasteiger partial charge on any atom is 0.249 e. The number of carbonyl (C=O) groups excluding carboxylic acids is 2. The van der Waals surface area contributed by atoms with E-state index in [1.165, 1.54) is 12.3 Å². The molecular formula is C18H18BrN3O3. The second-order valence-electron chi connectivity index (χ2n) is 5.55. The molecule has 2 aromatic rings. The number of phenols is 1. The molecule has 0 fully saturated rings. The molecule has 0 saturated heterocycles. The molecule has 0 atom stereocenters. The van der Waals surface area contributed by atoms with Crippen LogP contribution in [0.4, 0.5) is 5.69 Å². The molecule has 0 unspecified atom stereocenters. The van der Waals surface area contributed by atoms with Gasteiger partial charge in [0, 0.05) is 5.69 Å². The van der Waals surface area contributed by atoms with Crippen molar-refractivity contribution in [1.82, 2.24) is 5.43 Å². The SMILES string of the molecule is Cc1ccc(NC(=O)CC(=O)N/N=C/c2ccc(O)c(Br)c2)c(C)c1. The van der Waals surface area contributed by atoms with E-state index in [-0.39, 0.29) is 12.2 Å². The van der Waals surface area contributed by atoms with Crippen molar-refractivity contribution in [2.24, 2.45) is 5.10 Å². The summed E-state index contributed by atoms with van der Waals surface area (Å²) < 4.78 is 0.524. The van der Waals surface area contributed by atoms with E-state index < -0.39 is 11.8 Å². The third-order valence-corrected chi connectivity index (χ3v) is 3.99. The van der Waals surface area contributed by atoms with Crippen molar-refractivity contribution >= 4 is 39.6 Å². The van der Waals surface area contributed by atoms with Crippen LogP contribution in [0.1, 0.15) is 23.1 Å². The highest BCUT2D eigenvalue weighted by molar-refractivity contribution is 9.10. The van der Waals surface area contributed by atoms with Crippen molar-refractivity contribution in [1.29, 1.82) is 0 Å². The highest BCUT2D eigenvalue weighted by Gasteiger charge is 2.10. The first-order chi connectivity index (χ1) is 11.8. The van der Waals surface area contributed by atoms with Crippen LogP contribution in [-0.2, 0) is 9.59 Å². The molecule has 0 aliphatic carbocycles. The summed E-state index contributed by atoms with van der Waals surface area (Å²) in [6, 6.07) is 10.4. The van der Waals surface area contributed by atoms with E-state index in [2.05, 4.69) is 31.8 Å². The van der Waals surface area contributed by atoms with Gasteiger partial charge in [0.2, 0.25) is 11.8 Å². The average molecular weight is 404 g/mol. The molecule has 3 N–H and O–H groups in total. The number of hydrazone groups is 1. The van der Waals surface area contributed by atoms with E-state index >= 15 is 0 Å². The molecule has 6 nitrogen and oxygen atoms in total. The Morgan fingerprint density at radius 1 is 1.16 bits per heavy atom. The van der Waals surface area contributed by atoms with Crippen LogP contribution in [0.5, 0.6) is 5.75 Å². The molecule has 2 amide bonds. The van der Waals surface area contributed by atoms with Crippen LogP contribution < -0.4 is 10.7 Å². The lowest BCUT2D eigenvalue weighted by atomic mass is 10.1. The molecule has 0 aliphatic rings. The maximum atomic E-state index is 11.9. The highest BCUT2D eigenvalue weighted by atomic mass is 79.9. The quantitative estimate of drug-likeness (QED) is 0.406. The molecule has 0 heterocycles. The Balaban J connectivity index is 1.85. The minimum absolute atomic E-state index is 0.115. The third-order valence-electron chi connectivity index (χ3n) is 3.35. The number of anilines is 1. The summed E-state index contributed by atoms with van der Waals surface area (Å²) in [5, 5.41) is 15.9. The average Bonchev–Trinajstić information content (AvgIpc) is 2.53. The second kappa shape index (κ2) is 8.43. The molecule has 0 saturated carbocycles. The molecule has 2 aromatic carbocycles. The normalized spacial score (nSPS) is 10.7. The number of amides is 2. The van der Waals surface area contributed by atoms with E-state index in [0.29, 0.717) is 15.7 Å². The summed E-state index contributed by atoms with van der Waals surface area (Å²) in [5.41, 5.74) is 5.70. The van der Waals surface area contributed by atoms with Gasteiger partial charge in [0.15, 0.2) is 0 Å². The zero-order valence-corrected chi connectivity index (χ0v) is 15.4. The van der Waals surface area contributed by atoms with E-state index in [9.17, 15) is 14.7 Å². The Hall–Kier alpha value is -2.67. The van der Waals surface area contributed by atoms with Crippen LogP contribution in [0.25, 0.3) is 0 Å². The predicted molar refractivity (Wildman–Crippen MR) is 101 cm³/mol. The van der Waals surface area contributed by atoms with Gasteiger partial charge < -0.3 is 10.4 Å². The van der Waals surface area contributed by atoms with Crippen molar-refractivity contribution in [3.8, 4) is 5.75 Å². The van der Waals surface area contributed by atoms with Crippen LogP contribution in [0.3, 0.4) is 0 Å². The standard InChI is InChI=1S/C18H18BrN3O3/c1-11-3-5-15(12(2)7-11)21-17(24)9-18(25)22-20-10-13-4-6-16(23)14(19)8-13/h3-8,10,23H,9H2,1-2H3,(H,21,24)(H,22,25)/b20-10+. The summed E-state index contributed by atoms with van der Waals surface area (Å²) in [6.45, 7) is 3.86. The van der Waals surface area contributed by atoms with Gasteiger partial charge in [0.1, 0.15) is 12.2 Å². The van der Waals surface area contributed by atoms with E-state index in [1.807, 2.05) is 26.0 Å². The number of nitrogens with zero attached hydrogens (tertiary/aromatic N) is 1. The van der Waals surface area contributed by atoms with Crippen LogP contribution in [0.15, 0.2) is 46.0 Å². The van der Waals surface area contributed by atoms with Crippen molar-refractivity contribution in [3.05, 3.63) is 57.6 Å². The fourth-order valence-corrected chi connectivity index (χ4v) is 2.51. The van der Waals surface area contributed by atoms with Crippen molar-refractivity contribution in [2.75, 3.05) is 5.32 Å². The van der Waals surface area contributed by atoms with E-state index in [4.69, 9.17) is 0 Å². The Bertz CT molecular complexity index is 834. The fourth-order valence-electron chi connectivity index (χ4n) is 2.12.